The number of ketones is 1. The zero-order valence-corrected chi connectivity index (χ0v) is 20.9. The summed E-state index contributed by atoms with van der Waals surface area (Å²) in [5, 5.41) is 2.94. The number of anilines is 2. The number of alkyl halides is 1. The Kier molecular flexibility index (Phi) is 6.78. The SMILES string of the molecule is O=C(Nc1ccc(C(=O)N2CCC(Br)C(=O)c3ccccc32)cc1)c1ccccc1-c1ccccc1. The van der Waals surface area contributed by atoms with Gasteiger partial charge in [-0.2, -0.15) is 0 Å². The summed E-state index contributed by atoms with van der Waals surface area (Å²) in [6.07, 6.45) is 0.522. The Hall–Kier alpha value is -4.03. The lowest BCUT2D eigenvalue weighted by molar-refractivity contribution is 0.0978. The minimum Gasteiger partial charge on any atom is -0.322 e. The Balaban J connectivity index is 1.36. The van der Waals surface area contributed by atoms with Crippen molar-refractivity contribution >= 4 is 44.9 Å². The predicted molar refractivity (Wildman–Crippen MR) is 146 cm³/mol. The van der Waals surface area contributed by atoms with Crippen LogP contribution in [0.4, 0.5) is 11.4 Å². The van der Waals surface area contributed by atoms with E-state index in [0.29, 0.717) is 41.0 Å². The zero-order chi connectivity index (χ0) is 25.1. The minimum absolute atomic E-state index is 0.0188. The van der Waals surface area contributed by atoms with Gasteiger partial charge in [-0.15, -0.1) is 0 Å². The lowest BCUT2D eigenvalue weighted by Gasteiger charge is -2.22. The van der Waals surface area contributed by atoms with Crippen molar-refractivity contribution in [3.63, 3.8) is 0 Å². The number of nitrogens with zero attached hydrogens (tertiary/aromatic N) is 1. The van der Waals surface area contributed by atoms with Crippen molar-refractivity contribution in [1.82, 2.24) is 0 Å². The van der Waals surface area contributed by atoms with Gasteiger partial charge in [-0.1, -0.05) is 76.6 Å². The molecule has 0 aliphatic carbocycles. The van der Waals surface area contributed by atoms with E-state index in [1.54, 1.807) is 53.4 Å². The van der Waals surface area contributed by atoms with E-state index in [1.165, 1.54) is 0 Å². The summed E-state index contributed by atoms with van der Waals surface area (Å²) in [5.41, 5.74) is 4.60. The van der Waals surface area contributed by atoms with E-state index in [0.717, 1.165) is 11.1 Å². The van der Waals surface area contributed by atoms with Gasteiger partial charge in [0.2, 0.25) is 0 Å². The molecule has 0 aromatic heterocycles. The van der Waals surface area contributed by atoms with Crippen LogP contribution in [0.15, 0.2) is 103 Å². The number of halogens is 1. The summed E-state index contributed by atoms with van der Waals surface area (Å²) in [6.45, 7) is 0.423. The fraction of sp³-hybridized carbons (Fsp3) is 0.100. The average Bonchev–Trinajstić information content (AvgIpc) is 3.05. The molecule has 4 aromatic carbocycles. The molecule has 36 heavy (non-hydrogen) atoms. The van der Waals surface area contributed by atoms with Crippen molar-refractivity contribution < 1.29 is 14.4 Å². The first-order chi connectivity index (χ1) is 17.5. The first-order valence-corrected chi connectivity index (χ1v) is 12.6. The van der Waals surface area contributed by atoms with Crippen molar-refractivity contribution in [2.75, 3.05) is 16.8 Å². The zero-order valence-electron chi connectivity index (χ0n) is 19.4. The summed E-state index contributed by atoms with van der Waals surface area (Å²) in [7, 11) is 0. The van der Waals surface area contributed by atoms with E-state index in [9.17, 15) is 14.4 Å². The van der Waals surface area contributed by atoms with Crippen LogP contribution in [0.5, 0.6) is 0 Å². The monoisotopic (exact) mass is 538 g/mol. The second-order valence-corrected chi connectivity index (χ2v) is 9.64. The van der Waals surface area contributed by atoms with Gasteiger partial charge in [0, 0.05) is 28.9 Å². The Labute approximate surface area is 217 Å². The molecule has 1 aliphatic heterocycles. The molecule has 6 heteroatoms. The predicted octanol–water partition coefficient (Wildman–Crippen LogP) is 6.60. The summed E-state index contributed by atoms with van der Waals surface area (Å²) < 4.78 is 0. The van der Waals surface area contributed by atoms with Crippen LogP contribution in [0.1, 0.15) is 37.5 Å². The Morgan fingerprint density at radius 1 is 0.778 bits per heavy atom. The Morgan fingerprint density at radius 2 is 1.42 bits per heavy atom. The van der Waals surface area contributed by atoms with Crippen molar-refractivity contribution in [2.45, 2.75) is 11.2 Å². The van der Waals surface area contributed by atoms with Crippen molar-refractivity contribution in [1.29, 1.82) is 0 Å². The first kappa shape index (κ1) is 23.7. The molecule has 0 saturated carbocycles. The lowest BCUT2D eigenvalue weighted by Crippen LogP contribution is -2.32. The van der Waals surface area contributed by atoms with Gasteiger partial charge in [0.05, 0.1) is 10.5 Å². The first-order valence-electron chi connectivity index (χ1n) is 11.7. The number of benzene rings is 4. The Morgan fingerprint density at radius 3 is 2.17 bits per heavy atom. The summed E-state index contributed by atoms with van der Waals surface area (Å²) >= 11 is 3.45. The topological polar surface area (TPSA) is 66.5 Å². The van der Waals surface area contributed by atoms with Gasteiger partial charge in [0.15, 0.2) is 5.78 Å². The highest BCUT2D eigenvalue weighted by Crippen LogP contribution is 2.30. The third-order valence-corrected chi connectivity index (χ3v) is 7.12. The molecule has 1 aliphatic rings. The summed E-state index contributed by atoms with van der Waals surface area (Å²) in [4.78, 5) is 40.5. The number of hydrogen-bond acceptors (Lipinski definition) is 3. The molecule has 1 atom stereocenters. The van der Waals surface area contributed by atoms with Gasteiger partial charge < -0.3 is 10.2 Å². The molecule has 0 saturated heterocycles. The van der Waals surface area contributed by atoms with Gasteiger partial charge in [0.25, 0.3) is 11.8 Å². The number of fused-ring (bicyclic) bond motifs is 1. The highest BCUT2D eigenvalue weighted by Gasteiger charge is 2.30. The minimum atomic E-state index is -0.326. The van der Waals surface area contributed by atoms with E-state index < -0.39 is 0 Å². The highest BCUT2D eigenvalue weighted by atomic mass is 79.9. The second kappa shape index (κ2) is 10.3. The maximum Gasteiger partial charge on any atom is 0.258 e. The van der Waals surface area contributed by atoms with Crippen LogP contribution in [0.25, 0.3) is 11.1 Å². The molecule has 0 spiro atoms. The van der Waals surface area contributed by atoms with Crippen molar-refractivity contribution in [3.05, 3.63) is 120 Å². The molecular formula is C30H23BrN2O3. The highest BCUT2D eigenvalue weighted by molar-refractivity contribution is 9.10. The number of nitrogens with one attached hydrogen (secondary N) is 1. The molecule has 0 bridgehead atoms. The van der Waals surface area contributed by atoms with Gasteiger partial charge in [-0.05, 0) is 60.0 Å². The number of hydrogen-bond donors (Lipinski definition) is 1. The number of carbonyl (C=O) groups excluding carboxylic acids is 3. The van der Waals surface area contributed by atoms with E-state index in [1.807, 2.05) is 54.6 Å². The van der Waals surface area contributed by atoms with Crippen molar-refractivity contribution in [3.8, 4) is 11.1 Å². The number of amides is 2. The number of rotatable bonds is 4. The van der Waals surface area contributed by atoms with Crippen LogP contribution in [0, 0.1) is 0 Å². The van der Waals surface area contributed by atoms with Crippen LogP contribution >= 0.6 is 15.9 Å². The molecule has 5 rings (SSSR count). The van der Waals surface area contributed by atoms with Crippen LogP contribution < -0.4 is 10.2 Å². The third kappa shape index (κ3) is 4.72. The number of carbonyl (C=O) groups is 3. The van der Waals surface area contributed by atoms with Crippen LogP contribution in [-0.2, 0) is 0 Å². The quantitative estimate of drug-likeness (QED) is 0.297. The fourth-order valence-electron chi connectivity index (χ4n) is 4.39. The van der Waals surface area contributed by atoms with Crippen molar-refractivity contribution in [2.24, 2.45) is 0 Å². The van der Waals surface area contributed by atoms with Crippen LogP contribution in [0.3, 0.4) is 0 Å². The summed E-state index contributed by atoms with van der Waals surface area (Å²) in [6, 6.07) is 31.2. The maximum absolute atomic E-state index is 13.4. The number of para-hydroxylation sites is 1. The molecule has 1 heterocycles. The van der Waals surface area contributed by atoms with Gasteiger partial charge >= 0.3 is 0 Å². The molecule has 178 valence electrons. The molecule has 4 aromatic rings. The van der Waals surface area contributed by atoms with Gasteiger partial charge in [-0.3, -0.25) is 14.4 Å². The Bertz CT molecular complexity index is 1430. The number of Topliss-reactive ketones (excluding diaryl/α,β-unsaturated/α-hetero) is 1. The third-order valence-electron chi connectivity index (χ3n) is 6.24. The smallest absolute Gasteiger partial charge is 0.258 e. The standard InChI is InChI=1S/C30H23BrN2O3/c31-26-18-19-33(27-13-7-6-12-25(27)28(26)34)30(36)21-14-16-22(17-15-21)32-29(35)24-11-5-4-10-23(24)20-8-2-1-3-9-20/h1-17,26H,18-19H2,(H,32,35). The fourth-order valence-corrected chi connectivity index (χ4v) is 4.84. The molecule has 5 nitrogen and oxygen atoms in total. The molecule has 1 N–H and O–H groups in total. The molecular weight excluding hydrogens is 516 g/mol. The second-order valence-electron chi connectivity index (χ2n) is 8.54. The van der Waals surface area contributed by atoms with E-state index in [4.69, 9.17) is 0 Å². The van der Waals surface area contributed by atoms with Crippen LogP contribution in [-0.4, -0.2) is 29.0 Å². The van der Waals surface area contributed by atoms with E-state index in [-0.39, 0.29) is 22.4 Å². The lowest BCUT2D eigenvalue weighted by atomic mass is 9.99. The molecule has 1 unspecified atom stereocenters. The molecule has 2 amide bonds. The largest absolute Gasteiger partial charge is 0.322 e. The average molecular weight is 539 g/mol. The maximum atomic E-state index is 13.4. The van der Waals surface area contributed by atoms with E-state index >= 15 is 0 Å². The molecule has 0 radical (unpaired) electrons. The van der Waals surface area contributed by atoms with E-state index in [2.05, 4.69) is 21.2 Å². The van der Waals surface area contributed by atoms with Gasteiger partial charge in [-0.25, -0.2) is 0 Å². The van der Waals surface area contributed by atoms with Crippen LogP contribution in [0.2, 0.25) is 0 Å². The summed E-state index contributed by atoms with van der Waals surface area (Å²) in [5.74, 6) is -0.434. The molecule has 0 fully saturated rings. The van der Waals surface area contributed by atoms with Gasteiger partial charge in [0.1, 0.15) is 0 Å². The normalized spacial score (nSPS) is 15.1.